The molecule has 0 radical (unpaired) electrons. The summed E-state index contributed by atoms with van der Waals surface area (Å²) in [5.74, 6) is 1.92. The summed E-state index contributed by atoms with van der Waals surface area (Å²) in [6.07, 6.45) is 6.15. The molecule has 150 valence electrons. The molecule has 0 saturated heterocycles. The molecule has 1 fully saturated rings. The van der Waals surface area contributed by atoms with Gasteiger partial charge in [-0.15, -0.1) is 5.53 Å². The predicted octanol–water partition coefficient (Wildman–Crippen LogP) is 3.79. The van der Waals surface area contributed by atoms with E-state index in [4.69, 9.17) is 9.47 Å². The van der Waals surface area contributed by atoms with Gasteiger partial charge in [0.25, 0.3) is 0 Å². The highest BCUT2D eigenvalue weighted by Gasteiger charge is 2.28. The van der Waals surface area contributed by atoms with E-state index < -0.39 is 6.10 Å². The van der Waals surface area contributed by atoms with E-state index >= 15 is 0 Å². The summed E-state index contributed by atoms with van der Waals surface area (Å²) >= 11 is 0. The molecular weight excluding hydrogens is 356 g/mol. The zero-order valence-corrected chi connectivity index (χ0v) is 16.2. The zero-order chi connectivity index (χ0) is 19.3. The van der Waals surface area contributed by atoms with Gasteiger partial charge in [-0.05, 0) is 62.3 Å². The highest BCUT2D eigenvalue weighted by atomic mass is 16.5. The number of unbranched alkanes of at least 4 members (excludes halogenated alkanes) is 1. The Morgan fingerprint density at radius 3 is 3.00 bits per heavy atom. The first-order chi connectivity index (χ1) is 13.7. The average Bonchev–Trinajstić information content (AvgIpc) is 3.45. The van der Waals surface area contributed by atoms with Crippen molar-refractivity contribution in [3.63, 3.8) is 0 Å². The van der Waals surface area contributed by atoms with Crippen molar-refractivity contribution in [1.82, 2.24) is 10.5 Å². The highest BCUT2D eigenvalue weighted by Crippen LogP contribution is 2.38. The lowest BCUT2D eigenvalue weighted by Gasteiger charge is -2.17. The summed E-state index contributed by atoms with van der Waals surface area (Å²) in [5.41, 5.74) is 9.23. The van der Waals surface area contributed by atoms with Gasteiger partial charge in [-0.2, -0.15) is 0 Å². The largest absolute Gasteiger partial charge is 0.439 e. The lowest BCUT2D eigenvalue weighted by molar-refractivity contribution is 0.148. The number of aliphatic hydroxyl groups is 1. The zero-order valence-electron chi connectivity index (χ0n) is 16.2. The predicted molar refractivity (Wildman–Crippen MR) is 108 cm³/mol. The maximum atomic E-state index is 10.6. The fourth-order valence-corrected chi connectivity index (χ4v) is 3.40. The minimum atomic E-state index is -0.608. The van der Waals surface area contributed by atoms with E-state index in [1.807, 2.05) is 30.3 Å². The number of benzene rings is 1. The SMILES string of the molecule is COCCCCC(O)c1cccnc1Oc1ccc2c(c1)NNN2CC1CC1. The minimum absolute atomic E-state index is 0.447. The number of pyridine rings is 1. The molecule has 0 bridgehead atoms. The first kappa shape index (κ1) is 19.0. The molecule has 0 spiro atoms. The van der Waals surface area contributed by atoms with Crippen molar-refractivity contribution in [2.45, 2.75) is 38.2 Å². The molecule has 7 heteroatoms. The summed E-state index contributed by atoms with van der Waals surface area (Å²) in [6.45, 7) is 1.72. The minimum Gasteiger partial charge on any atom is -0.439 e. The van der Waals surface area contributed by atoms with Crippen molar-refractivity contribution in [3.8, 4) is 11.6 Å². The number of ether oxygens (including phenoxy) is 2. The Kier molecular flexibility index (Phi) is 5.95. The second kappa shape index (κ2) is 8.77. The van der Waals surface area contributed by atoms with Gasteiger partial charge in [0.1, 0.15) is 5.75 Å². The molecule has 2 aliphatic rings. The van der Waals surface area contributed by atoms with E-state index in [1.54, 1.807) is 13.3 Å². The van der Waals surface area contributed by atoms with Crippen LogP contribution < -0.4 is 20.7 Å². The van der Waals surface area contributed by atoms with E-state index in [9.17, 15) is 5.11 Å². The fraction of sp³-hybridized carbons (Fsp3) is 0.476. The quantitative estimate of drug-likeness (QED) is 0.538. The van der Waals surface area contributed by atoms with Crippen LogP contribution in [-0.2, 0) is 4.74 Å². The van der Waals surface area contributed by atoms with Gasteiger partial charge in [-0.3, -0.25) is 5.01 Å². The summed E-state index contributed by atoms with van der Waals surface area (Å²) < 4.78 is 11.1. The molecular formula is C21H28N4O3. The van der Waals surface area contributed by atoms with E-state index in [1.165, 1.54) is 12.8 Å². The number of hydrogen-bond acceptors (Lipinski definition) is 7. The Hall–Kier alpha value is -2.35. The second-order valence-electron chi connectivity index (χ2n) is 7.47. The number of fused-ring (bicyclic) bond motifs is 1. The number of hydrazine groups is 2. The van der Waals surface area contributed by atoms with Crippen LogP contribution in [0.1, 0.15) is 43.8 Å². The summed E-state index contributed by atoms with van der Waals surface area (Å²) in [5, 5.41) is 12.7. The van der Waals surface area contributed by atoms with Gasteiger partial charge in [-0.1, -0.05) is 0 Å². The third kappa shape index (κ3) is 4.55. The van der Waals surface area contributed by atoms with Crippen molar-refractivity contribution >= 4 is 11.4 Å². The number of aliphatic hydroxyl groups excluding tert-OH is 1. The van der Waals surface area contributed by atoms with Crippen LogP contribution in [0.2, 0.25) is 0 Å². The maximum absolute atomic E-state index is 10.6. The lowest BCUT2D eigenvalue weighted by Crippen LogP contribution is -2.37. The third-order valence-electron chi connectivity index (χ3n) is 5.17. The number of hydrogen-bond donors (Lipinski definition) is 3. The van der Waals surface area contributed by atoms with Gasteiger partial charge in [0, 0.05) is 38.1 Å². The smallest absolute Gasteiger partial charge is 0.225 e. The molecule has 2 heterocycles. The van der Waals surface area contributed by atoms with Crippen LogP contribution in [0.3, 0.4) is 0 Å². The Balaban J connectivity index is 1.43. The molecule has 7 nitrogen and oxygen atoms in total. The Labute approximate surface area is 165 Å². The molecule has 1 unspecified atom stereocenters. The number of methoxy groups -OCH3 is 1. The lowest BCUT2D eigenvalue weighted by atomic mass is 10.1. The van der Waals surface area contributed by atoms with Crippen LogP contribution in [0, 0.1) is 5.92 Å². The molecule has 1 atom stereocenters. The van der Waals surface area contributed by atoms with Crippen LogP contribution in [0.15, 0.2) is 36.5 Å². The van der Waals surface area contributed by atoms with Gasteiger partial charge < -0.3 is 20.0 Å². The van der Waals surface area contributed by atoms with E-state index in [0.717, 1.165) is 36.7 Å². The van der Waals surface area contributed by atoms with E-state index in [-0.39, 0.29) is 0 Å². The molecule has 3 N–H and O–H groups in total. The van der Waals surface area contributed by atoms with Crippen LogP contribution in [0.4, 0.5) is 11.4 Å². The van der Waals surface area contributed by atoms with Gasteiger partial charge >= 0.3 is 0 Å². The van der Waals surface area contributed by atoms with Crippen LogP contribution in [0.25, 0.3) is 0 Å². The number of nitrogens with one attached hydrogen (secondary N) is 2. The summed E-state index contributed by atoms with van der Waals surface area (Å²) in [6, 6.07) is 9.64. The monoisotopic (exact) mass is 384 g/mol. The van der Waals surface area contributed by atoms with Gasteiger partial charge in [0.2, 0.25) is 5.88 Å². The molecule has 1 aromatic heterocycles. The molecule has 4 rings (SSSR count). The number of aromatic nitrogens is 1. The van der Waals surface area contributed by atoms with E-state index in [0.29, 0.717) is 30.2 Å². The average molecular weight is 384 g/mol. The Morgan fingerprint density at radius 2 is 2.18 bits per heavy atom. The van der Waals surface area contributed by atoms with Gasteiger partial charge in [0.05, 0.1) is 17.5 Å². The maximum Gasteiger partial charge on any atom is 0.225 e. The normalized spacial score (nSPS) is 16.6. The molecule has 2 aromatic rings. The fourth-order valence-electron chi connectivity index (χ4n) is 3.40. The van der Waals surface area contributed by atoms with E-state index in [2.05, 4.69) is 21.0 Å². The topological polar surface area (TPSA) is 78.9 Å². The van der Waals surface area contributed by atoms with Crippen molar-refractivity contribution in [2.24, 2.45) is 5.92 Å². The number of anilines is 2. The molecule has 0 amide bonds. The highest BCUT2D eigenvalue weighted by molar-refractivity contribution is 5.74. The molecule has 1 aliphatic carbocycles. The Morgan fingerprint density at radius 1 is 1.29 bits per heavy atom. The van der Waals surface area contributed by atoms with Crippen LogP contribution in [0.5, 0.6) is 11.6 Å². The molecule has 28 heavy (non-hydrogen) atoms. The van der Waals surface area contributed by atoms with Crippen molar-refractivity contribution in [2.75, 3.05) is 30.7 Å². The van der Waals surface area contributed by atoms with Gasteiger partial charge in [-0.25, -0.2) is 4.98 Å². The van der Waals surface area contributed by atoms with Crippen LogP contribution in [-0.4, -0.2) is 30.4 Å². The number of nitrogens with zero attached hydrogens (tertiary/aromatic N) is 2. The standard InChI is InChI=1S/C21H28N4O3/c1-27-12-3-2-6-20(26)17-5-4-11-22-21(17)28-16-9-10-19-18(13-16)23-24-25(19)14-15-7-8-15/h4-5,9-11,13,15,20,23-24,26H,2-3,6-8,12,14H2,1H3. The second-order valence-corrected chi connectivity index (χ2v) is 7.47. The molecule has 1 aromatic carbocycles. The summed E-state index contributed by atoms with van der Waals surface area (Å²) in [7, 11) is 1.69. The molecule has 1 saturated carbocycles. The van der Waals surface area contributed by atoms with Crippen molar-refractivity contribution < 1.29 is 14.6 Å². The van der Waals surface area contributed by atoms with Crippen molar-refractivity contribution in [3.05, 3.63) is 42.1 Å². The third-order valence-corrected chi connectivity index (χ3v) is 5.17. The first-order valence-electron chi connectivity index (χ1n) is 9.97. The van der Waals surface area contributed by atoms with Crippen molar-refractivity contribution in [1.29, 1.82) is 0 Å². The number of rotatable bonds is 10. The van der Waals surface area contributed by atoms with Crippen LogP contribution >= 0.6 is 0 Å². The van der Waals surface area contributed by atoms with Gasteiger partial charge in [0.15, 0.2) is 0 Å². The molecule has 1 aliphatic heterocycles. The Bertz CT molecular complexity index is 797. The summed E-state index contributed by atoms with van der Waals surface area (Å²) in [4.78, 5) is 4.34. The first-order valence-corrected chi connectivity index (χ1v) is 9.97.